The van der Waals surface area contributed by atoms with E-state index < -0.39 is 15.4 Å². The SMILES string of the molecule is CCC(C)(C(=O)NCCS(=O)(=O)NC)C(N)=S. The predicted molar refractivity (Wildman–Crippen MR) is 71.0 cm³/mol. The monoisotopic (exact) mass is 281 g/mol. The van der Waals surface area contributed by atoms with Crippen molar-refractivity contribution in [2.24, 2.45) is 11.1 Å². The Bertz CT molecular complexity index is 394. The lowest BCUT2D eigenvalue weighted by atomic mass is 9.86. The number of carbonyl (C=O) groups is 1. The van der Waals surface area contributed by atoms with Crippen LogP contribution in [0.4, 0.5) is 0 Å². The minimum atomic E-state index is -3.32. The zero-order chi connectivity index (χ0) is 13.7. The smallest absolute Gasteiger partial charge is 0.232 e. The molecule has 0 aliphatic rings. The number of carbonyl (C=O) groups excluding carboxylic acids is 1. The van der Waals surface area contributed by atoms with E-state index in [1.165, 1.54) is 7.05 Å². The Balaban J connectivity index is 4.42. The lowest BCUT2D eigenvalue weighted by Gasteiger charge is -2.25. The van der Waals surface area contributed by atoms with Crippen LogP contribution in [0.3, 0.4) is 0 Å². The summed E-state index contributed by atoms with van der Waals surface area (Å²) in [5.74, 6) is -0.523. The molecule has 4 N–H and O–H groups in total. The van der Waals surface area contributed by atoms with Crippen molar-refractivity contribution in [2.75, 3.05) is 19.3 Å². The van der Waals surface area contributed by atoms with E-state index >= 15 is 0 Å². The molecule has 0 rings (SSSR count). The Kier molecular flexibility index (Phi) is 6.00. The highest BCUT2D eigenvalue weighted by Gasteiger charge is 2.34. The molecular formula is C9H19N3O3S2. The molecule has 6 nitrogen and oxygen atoms in total. The topological polar surface area (TPSA) is 101 Å². The van der Waals surface area contributed by atoms with Gasteiger partial charge in [-0.3, -0.25) is 4.79 Å². The van der Waals surface area contributed by atoms with Crippen LogP contribution in [0.25, 0.3) is 0 Å². The van der Waals surface area contributed by atoms with E-state index in [1.807, 2.05) is 0 Å². The van der Waals surface area contributed by atoms with Gasteiger partial charge in [0, 0.05) is 6.54 Å². The van der Waals surface area contributed by atoms with Crippen molar-refractivity contribution >= 4 is 33.1 Å². The molecule has 0 fully saturated rings. The van der Waals surface area contributed by atoms with Crippen LogP contribution in [0, 0.1) is 5.41 Å². The summed E-state index contributed by atoms with van der Waals surface area (Å²) < 4.78 is 24.4. The maximum Gasteiger partial charge on any atom is 0.232 e. The van der Waals surface area contributed by atoms with Gasteiger partial charge in [-0.15, -0.1) is 0 Å². The number of nitrogens with one attached hydrogen (secondary N) is 2. The van der Waals surface area contributed by atoms with Gasteiger partial charge >= 0.3 is 0 Å². The molecule has 1 atom stereocenters. The Hall–Kier alpha value is -0.730. The fraction of sp³-hybridized carbons (Fsp3) is 0.778. The summed E-state index contributed by atoms with van der Waals surface area (Å²) in [7, 11) is -1.99. The number of nitrogens with two attached hydrogens (primary N) is 1. The van der Waals surface area contributed by atoms with Crippen LogP contribution in [0.15, 0.2) is 0 Å². The molecule has 1 unspecified atom stereocenters. The first-order valence-corrected chi connectivity index (χ1v) is 7.25. The largest absolute Gasteiger partial charge is 0.392 e. The van der Waals surface area contributed by atoms with Crippen molar-refractivity contribution in [2.45, 2.75) is 20.3 Å². The van der Waals surface area contributed by atoms with Gasteiger partial charge in [0.1, 0.15) is 0 Å². The molecule has 0 saturated heterocycles. The van der Waals surface area contributed by atoms with E-state index in [9.17, 15) is 13.2 Å². The van der Waals surface area contributed by atoms with E-state index in [0.29, 0.717) is 6.42 Å². The first-order chi connectivity index (χ1) is 7.69. The number of hydrogen-bond acceptors (Lipinski definition) is 4. The highest BCUT2D eigenvalue weighted by molar-refractivity contribution is 7.89. The molecule has 0 spiro atoms. The van der Waals surface area contributed by atoms with Crippen LogP contribution < -0.4 is 15.8 Å². The zero-order valence-corrected chi connectivity index (χ0v) is 11.9. The second-order valence-electron chi connectivity index (χ2n) is 3.83. The maximum atomic E-state index is 11.8. The highest BCUT2D eigenvalue weighted by atomic mass is 32.2. The summed E-state index contributed by atoms with van der Waals surface area (Å²) >= 11 is 4.84. The van der Waals surface area contributed by atoms with Gasteiger partial charge in [-0.2, -0.15) is 0 Å². The molecule has 0 heterocycles. The standard InChI is InChI=1S/C9H19N3O3S2/c1-4-9(2,7(10)16)8(13)12-5-6-17(14,15)11-3/h11H,4-6H2,1-3H3,(H2,10,16)(H,12,13). The number of sulfonamides is 1. The second kappa shape index (κ2) is 6.27. The molecule has 1 amide bonds. The summed E-state index contributed by atoms with van der Waals surface area (Å²) in [4.78, 5) is 11.9. The molecule has 0 aliphatic carbocycles. The normalized spacial score (nSPS) is 15.0. The highest BCUT2D eigenvalue weighted by Crippen LogP contribution is 2.21. The molecule has 0 bridgehead atoms. The number of hydrogen-bond donors (Lipinski definition) is 3. The number of rotatable bonds is 7. The van der Waals surface area contributed by atoms with Crippen LogP contribution >= 0.6 is 12.2 Å². The Morgan fingerprint density at radius 2 is 2.00 bits per heavy atom. The summed E-state index contributed by atoms with van der Waals surface area (Å²) in [6, 6.07) is 0. The third-order valence-electron chi connectivity index (χ3n) is 2.72. The van der Waals surface area contributed by atoms with Gasteiger partial charge < -0.3 is 11.1 Å². The van der Waals surface area contributed by atoms with E-state index in [-0.39, 0.29) is 23.2 Å². The molecule has 100 valence electrons. The van der Waals surface area contributed by atoms with Gasteiger partial charge in [0.2, 0.25) is 15.9 Å². The van der Waals surface area contributed by atoms with Crippen molar-refractivity contribution in [3.63, 3.8) is 0 Å². The third-order valence-corrected chi connectivity index (χ3v) is 4.53. The molecule has 0 saturated carbocycles. The minimum absolute atomic E-state index is 0.0280. The van der Waals surface area contributed by atoms with Gasteiger partial charge in [0.15, 0.2) is 0 Å². The van der Waals surface area contributed by atoms with Gasteiger partial charge in [-0.1, -0.05) is 19.1 Å². The lowest BCUT2D eigenvalue weighted by molar-refractivity contribution is -0.126. The van der Waals surface area contributed by atoms with Crippen LogP contribution in [0.1, 0.15) is 20.3 Å². The van der Waals surface area contributed by atoms with E-state index in [2.05, 4.69) is 10.0 Å². The molecule has 0 aromatic heterocycles. The molecule has 0 aromatic rings. The number of thiocarbonyl (C=S) groups is 1. The predicted octanol–water partition coefficient (Wildman–Crippen LogP) is -0.646. The van der Waals surface area contributed by atoms with Crippen molar-refractivity contribution in [3.05, 3.63) is 0 Å². The molecule has 8 heteroatoms. The van der Waals surface area contributed by atoms with Gasteiger partial charge in [-0.25, -0.2) is 13.1 Å². The number of amides is 1. The van der Waals surface area contributed by atoms with Gasteiger partial charge in [0.05, 0.1) is 16.2 Å². The molecule has 17 heavy (non-hydrogen) atoms. The zero-order valence-electron chi connectivity index (χ0n) is 10.2. The van der Waals surface area contributed by atoms with Crippen LogP contribution in [-0.4, -0.2) is 38.7 Å². The van der Waals surface area contributed by atoms with Gasteiger partial charge in [0.25, 0.3) is 0 Å². The Morgan fingerprint density at radius 1 is 1.47 bits per heavy atom. The quantitative estimate of drug-likeness (QED) is 0.539. The average molecular weight is 281 g/mol. The molecule has 0 aromatic carbocycles. The van der Waals surface area contributed by atoms with Crippen molar-refractivity contribution in [3.8, 4) is 0 Å². The molecular weight excluding hydrogens is 262 g/mol. The first-order valence-electron chi connectivity index (χ1n) is 5.19. The summed E-state index contributed by atoms with van der Waals surface area (Å²) in [6.45, 7) is 3.46. The Labute approximate surface area is 107 Å². The summed E-state index contributed by atoms with van der Waals surface area (Å²) in [5.41, 5.74) is 4.57. The van der Waals surface area contributed by atoms with Gasteiger partial charge in [-0.05, 0) is 20.4 Å². The molecule has 0 radical (unpaired) electrons. The fourth-order valence-corrected chi connectivity index (χ4v) is 1.85. The molecule has 0 aliphatic heterocycles. The van der Waals surface area contributed by atoms with Crippen LogP contribution in [0.5, 0.6) is 0 Å². The van der Waals surface area contributed by atoms with E-state index in [4.69, 9.17) is 18.0 Å². The summed E-state index contributed by atoms with van der Waals surface area (Å²) in [5, 5.41) is 2.52. The average Bonchev–Trinajstić information content (AvgIpc) is 2.27. The van der Waals surface area contributed by atoms with Crippen LogP contribution in [0.2, 0.25) is 0 Å². The van der Waals surface area contributed by atoms with E-state index in [0.717, 1.165) is 0 Å². The first kappa shape index (κ1) is 16.3. The van der Waals surface area contributed by atoms with Crippen molar-refractivity contribution in [1.29, 1.82) is 0 Å². The van der Waals surface area contributed by atoms with E-state index in [1.54, 1.807) is 13.8 Å². The van der Waals surface area contributed by atoms with Crippen molar-refractivity contribution < 1.29 is 13.2 Å². The second-order valence-corrected chi connectivity index (χ2v) is 6.31. The van der Waals surface area contributed by atoms with Crippen molar-refractivity contribution in [1.82, 2.24) is 10.0 Å². The maximum absolute atomic E-state index is 11.8. The van der Waals surface area contributed by atoms with Crippen LogP contribution in [-0.2, 0) is 14.8 Å². The Morgan fingerprint density at radius 3 is 2.35 bits per heavy atom. The minimum Gasteiger partial charge on any atom is -0.392 e. The lowest BCUT2D eigenvalue weighted by Crippen LogP contribution is -2.47. The fourth-order valence-electron chi connectivity index (χ4n) is 1.04. The summed E-state index contributed by atoms with van der Waals surface area (Å²) in [6.07, 6.45) is 0.465. The third kappa shape index (κ3) is 4.57.